The average Bonchev–Trinajstić information content (AvgIpc) is 2.40. The zero-order valence-corrected chi connectivity index (χ0v) is 10.8. The molecular formula is C15H21FN2. The number of rotatable bonds is 2. The summed E-state index contributed by atoms with van der Waals surface area (Å²) in [5.41, 5.74) is 2.45. The first-order valence-electron chi connectivity index (χ1n) is 7.07. The lowest BCUT2D eigenvalue weighted by Gasteiger charge is -2.35. The predicted octanol–water partition coefficient (Wildman–Crippen LogP) is 2.58. The number of nitrogens with zero attached hydrogens (tertiary/aromatic N) is 1. The fraction of sp³-hybridized carbons (Fsp3) is 0.600. The minimum absolute atomic E-state index is 0.0996. The molecule has 0 radical (unpaired) electrons. The van der Waals surface area contributed by atoms with Gasteiger partial charge in [-0.05, 0) is 68.5 Å². The van der Waals surface area contributed by atoms with E-state index in [9.17, 15) is 4.39 Å². The van der Waals surface area contributed by atoms with Crippen LogP contribution in [0.3, 0.4) is 0 Å². The topological polar surface area (TPSA) is 15.3 Å². The first-order chi connectivity index (χ1) is 8.83. The van der Waals surface area contributed by atoms with Gasteiger partial charge in [0.05, 0.1) is 0 Å². The molecule has 3 heteroatoms. The van der Waals surface area contributed by atoms with Crippen molar-refractivity contribution in [2.45, 2.75) is 25.7 Å². The lowest BCUT2D eigenvalue weighted by molar-refractivity contribution is 0.371. The van der Waals surface area contributed by atoms with Gasteiger partial charge in [-0.15, -0.1) is 0 Å². The van der Waals surface area contributed by atoms with Gasteiger partial charge in [0.2, 0.25) is 0 Å². The summed E-state index contributed by atoms with van der Waals surface area (Å²) in [6.07, 6.45) is 4.72. The highest BCUT2D eigenvalue weighted by Gasteiger charge is 2.21. The summed E-state index contributed by atoms with van der Waals surface area (Å²) in [5, 5.41) is 3.41. The van der Waals surface area contributed by atoms with E-state index < -0.39 is 0 Å². The Labute approximate surface area is 108 Å². The summed E-state index contributed by atoms with van der Waals surface area (Å²) in [4.78, 5) is 2.47. The van der Waals surface area contributed by atoms with Gasteiger partial charge in [-0.2, -0.15) is 0 Å². The zero-order chi connectivity index (χ0) is 12.4. The Balaban J connectivity index is 1.74. The first kappa shape index (κ1) is 12.0. The van der Waals surface area contributed by atoms with Crippen molar-refractivity contribution in [3.8, 4) is 0 Å². The van der Waals surface area contributed by atoms with Crippen LogP contribution in [0.2, 0.25) is 0 Å². The van der Waals surface area contributed by atoms with Crippen LogP contribution in [0.15, 0.2) is 18.2 Å². The molecule has 1 fully saturated rings. The van der Waals surface area contributed by atoms with Crippen molar-refractivity contribution in [1.29, 1.82) is 0 Å². The molecule has 0 unspecified atom stereocenters. The van der Waals surface area contributed by atoms with Gasteiger partial charge in [0.1, 0.15) is 5.82 Å². The summed E-state index contributed by atoms with van der Waals surface area (Å²) < 4.78 is 13.3. The number of hydrogen-bond acceptors (Lipinski definition) is 2. The number of benzene rings is 1. The van der Waals surface area contributed by atoms with Crippen molar-refractivity contribution in [2.75, 3.05) is 31.1 Å². The lowest BCUT2D eigenvalue weighted by atomic mass is 9.95. The molecule has 1 aromatic rings. The summed E-state index contributed by atoms with van der Waals surface area (Å²) in [7, 11) is 0. The second-order valence-corrected chi connectivity index (χ2v) is 5.52. The van der Waals surface area contributed by atoms with Crippen LogP contribution < -0.4 is 10.2 Å². The lowest BCUT2D eigenvalue weighted by Crippen LogP contribution is -2.38. The number of piperidine rings is 1. The van der Waals surface area contributed by atoms with Crippen molar-refractivity contribution in [3.05, 3.63) is 29.6 Å². The van der Waals surface area contributed by atoms with Crippen molar-refractivity contribution in [1.82, 2.24) is 5.32 Å². The van der Waals surface area contributed by atoms with Crippen molar-refractivity contribution < 1.29 is 4.39 Å². The summed E-state index contributed by atoms with van der Waals surface area (Å²) in [6.45, 7) is 4.56. The van der Waals surface area contributed by atoms with Gasteiger partial charge in [0.25, 0.3) is 0 Å². The van der Waals surface area contributed by atoms with Gasteiger partial charge < -0.3 is 10.2 Å². The minimum atomic E-state index is -0.0996. The van der Waals surface area contributed by atoms with Crippen LogP contribution >= 0.6 is 0 Å². The summed E-state index contributed by atoms with van der Waals surface area (Å²) in [6, 6.07) is 5.27. The third kappa shape index (κ3) is 2.51. The van der Waals surface area contributed by atoms with Crippen LogP contribution in [0, 0.1) is 11.7 Å². The Bertz CT molecular complexity index is 413. The molecule has 1 N–H and O–H groups in total. The van der Waals surface area contributed by atoms with E-state index in [1.54, 1.807) is 12.1 Å². The van der Waals surface area contributed by atoms with Crippen molar-refractivity contribution in [2.24, 2.45) is 5.92 Å². The molecule has 0 saturated carbocycles. The van der Waals surface area contributed by atoms with E-state index in [4.69, 9.17) is 0 Å². The Morgan fingerprint density at radius 2 is 2.11 bits per heavy atom. The highest BCUT2D eigenvalue weighted by molar-refractivity contribution is 5.55. The Morgan fingerprint density at radius 3 is 2.94 bits per heavy atom. The molecular weight excluding hydrogens is 227 g/mol. The standard InChI is InChI=1S/C15H21FN2/c16-14-3-4-15-13(10-14)2-1-9-18(15)11-12-5-7-17-8-6-12/h3-4,10,12,17H,1-2,5-9,11H2. The van der Waals surface area contributed by atoms with E-state index in [0.29, 0.717) is 0 Å². The second kappa shape index (κ2) is 5.27. The number of anilines is 1. The maximum atomic E-state index is 13.3. The Kier molecular flexibility index (Phi) is 3.50. The molecule has 0 aliphatic carbocycles. The van der Waals surface area contributed by atoms with Crippen LogP contribution in [0.1, 0.15) is 24.8 Å². The fourth-order valence-electron chi connectivity index (χ4n) is 3.21. The third-order valence-corrected chi connectivity index (χ3v) is 4.19. The average molecular weight is 248 g/mol. The van der Waals surface area contributed by atoms with Gasteiger partial charge in [0.15, 0.2) is 0 Å². The summed E-state index contributed by atoms with van der Waals surface area (Å²) >= 11 is 0. The molecule has 1 saturated heterocycles. The van der Waals surface area contributed by atoms with Gasteiger partial charge in [-0.3, -0.25) is 0 Å². The van der Waals surface area contributed by atoms with E-state index in [1.807, 2.05) is 6.07 Å². The maximum absolute atomic E-state index is 13.3. The minimum Gasteiger partial charge on any atom is -0.371 e. The molecule has 0 atom stereocenters. The van der Waals surface area contributed by atoms with E-state index >= 15 is 0 Å². The van der Waals surface area contributed by atoms with E-state index in [1.165, 1.54) is 24.1 Å². The van der Waals surface area contributed by atoms with Crippen LogP contribution in [0.5, 0.6) is 0 Å². The molecule has 0 aromatic heterocycles. The number of halogens is 1. The molecule has 2 heterocycles. The van der Waals surface area contributed by atoms with Crippen molar-refractivity contribution >= 4 is 5.69 Å². The van der Waals surface area contributed by atoms with E-state index in [2.05, 4.69) is 10.2 Å². The molecule has 3 rings (SSSR count). The van der Waals surface area contributed by atoms with Crippen LogP contribution in [0.4, 0.5) is 10.1 Å². The number of nitrogens with one attached hydrogen (secondary N) is 1. The maximum Gasteiger partial charge on any atom is 0.123 e. The van der Waals surface area contributed by atoms with Crippen LogP contribution in [0.25, 0.3) is 0 Å². The zero-order valence-electron chi connectivity index (χ0n) is 10.8. The van der Waals surface area contributed by atoms with E-state index in [0.717, 1.165) is 44.9 Å². The molecule has 18 heavy (non-hydrogen) atoms. The molecule has 0 spiro atoms. The normalized spacial score (nSPS) is 20.8. The highest BCUT2D eigenvalue weighted by atomic mass is 19.1. The van der Waals surface area contributed by atoms with Crippen LogP contribution in [-0.4, -0.2) is 26.2 Å². The number of hydrogen-bond donors (Lipinski definition) is 1. The smallest absolute Gasteiger partial charge is 0.123 e. The Morgan fingerprint density at radius 1 is 1.28 bits per heavy atom. The summed E-state index contributed by atoms with van der Waals surface area (Å²) in [5.74, 6) is 0.694. The monoisotopic (exact) mass is 248 g/mol. The molecule has 0 bridgehead atoms. The number of fused-ring (bicyclic) bond motifs is 1. The third-order valence-electron chi connectivity index (χ3n) is 4.19. The molecule has 0 amide bonds. The first-order valence-corrected chi connectivity index (χ1v) is 7.07. The molecule has 2 nitrogen and oxygen atoms in total. The van der Waals surface area contributed by atoms with Gasteiger partial charge in [0, 0.05) is 18.8 Å². The van der Waals surface area contributed by atoms with Crippen molar-refractivity contribution in [3.63, 3.8) is 0 Å². The fourth-order valence-corrected chi connectivity index (χ4v) is 3.21. The molecule has 98 valence electrons. The number of aryl methyl sites for hydroxylation is 1. The largest absolute Gasteiger partial charge is 0.371 e. The quantitative estimate of drug-likeness (QED) is 0.865. The molecule has 2 aliphatic heterocycles. The molecule has 2 aliphatic rings. The SMILES string of the molecule is Fc1ccc2c(c1)CCCN2CC1CCNCC1. The van der Waals surface area contributed by atoms with Gasteiger partial charge >= 0.3 is 0 Å². The Hall–Kier alpha value is -1.09. The highest BCUT2D eigenvalue weighted by Crippen LogP contribution is 2.29. The van der Waals surface area contributed by atoms with Gasteiger partial charge in [-0.1, -0.05) is 0 Å². The predicted molar refractivity (Wildman–Crippen MR) is 72.5 cm³/mol. The molecule has 1 aromatic carbocycles. The van der Waals surface area contributed by atoms with Gasteiger partial charge in [-0.25, -0.2) is 4.39 Å². The second-order valence-electron chi connectivity index (χ2n) is 5.52. The van der Waals surface area contributed by atoms with Crippen LogP contribution in [-0.2, 0) is 6.42 Å². The van der Waals surface area contributed by atoms with E-state index in [-0.39, 0.29) is 5.82 Å².